The van der Waals surface area contributed by atoms with Gasteiger partial charge < -0.3 is 24.3 Å². The van der Waals surface area contributed by atoms with Crippen LogP contribution < -0.4 is 19.5 Å². The maximum absolute atomic E-state index is 13.2. The van der Waals surface area contributed by atoms with Gasteiger partial charge in [-0.1, -0.05) is 30.4 Å². The molecular weight excluding hydrogens is 410 g/mol. The summed E-state index contributed by atoms with van der Waals surface area (Å²) in [6.45, 7) is 0.586. The third-order valence-corrected chi connectivity index (χ3v) is 5.71. The Morgan fingerprint density at radius 2 is 1.88 bits per heavy atom. The van der Waals surface area contributed by atoms with E-state index in [1.54, 1.807) is 38.6 Å². The molecule has 0 aromatic heterocycles. The average molecular weight is 435 g/mol. The number of benzene rings is 2. The second kappa shape index (κ2) is 9.18. The Balaban J connectivity index is 1.65. The monoisotopic (exact) mass is 435 g/mol. The first kappa shape index (κ1) is 21.5. The fourth-order valence-corrected chi connectivity index (χ4v) is 3.96. The Hall–Kier alpha value is -3.74. The molecule has 1 amide bonds. The molecule has 0 spiro atoms. The summed E-state index contributed by atoms with van der Waals surface area (Å²) in [5.74, 6) is 0.545. The summed E-state index contributed by atoms with van der Waals surface area (Å²) in [7, 11) is 4.68. The highest BCUT2D eigenvalue weighted by molar-refractivity contribution is 5.95. The molecule has 2 atom stereocenters. The first-order valence-corrected chi connectivity index (χ1v) is 10.3. The summed E-state index contributed by atoms with van der Waals surface area (Å²) in [5, 5.41) is 2.60. The normalized spacial score (nSPS) is 19.0. The number of rotatable bonds is 7. The molecule has 1 aliphatic heterocycles. The lowest BCUT2D eigenvalue weighted by molar-refractivity contribution is -0.122. The van der Waals surface area contributed by atoms with Crippen molar-refractivity contribution in [3.8, 4) is 17.2 Å². The molecule has 2 aliphatic rings. The number of ether oxygens (including phenoxy) is 4. The van der Waals surface area contributed by atoms with Gasteiger partial charge >= 0.3 is 0 Å². The minimum atomic E-state index is -0.482. The lowest BCUT2D eigenvalue weighted by Crippen LogP contribution is -2.26. The first-order chi connectivity index (χ1) is 15.6. The zero-order valence-corrected chi connectivity index (χ0v) is 18.2. The summed E-state index contributed by atoms with van der Waals surface area (Å²) in [6, 6.07) is 10.7. The van der Waals surface area contributed by atoms with Crippen molar-refractivity contribution in [2.75, 3.05) is 27.9 Å². The van der Waals surface area contributed by atoms with Gasteiger partial charge in [0.2, 0.25) is 5.75 Å². The molecule has 0 saturated heterocycles. The third kappa shape index (κ3) is 3.93. The summed E-state index contributed by atoms with van der Waals surface area (Å²) < 4.78 is 22.6. The van der Waals surface area contributed by atoms with Crippen molar-refractivity contribution in [1.29, 1.82) is 0 Å². The molecule has 0 radical (unpaired) electrons. The minimum Gasteiger partial charge on any atom is -0.500 e. The predicted octanol–water partition coefficient (Wildman–Crippen LogP) is 3.40. The van der Waals surface area contributed by atoms with Gasteiger partial charge in [0, 0.05) is 23.7 Å². The van der Waals surface area contributed by atoms with E-state index in [9.17, 15) is 9.59 Å². The summed E-state index contributed by atoms with van der Waals surface area (Å²) in [5.41, 5.74) is 3.03. The first-order valence-electron chi connectivity index (χ1n) is 10.3. The molecular formula is C25H25NO6. The minimum absolute atomic E-state index is 0.0586. The molecule has 7 heteroatoms. The highest BCUT2D eigenvalue weighted by Crippen LogP contribution is 2.46. The highest BCUT2D eigenvalue weighted by Gasteiger charge is 2.37. The fourth-order valence-electron chi connectivity index (χ4n) is 3.96. The number of methoxy groups -OCH3 is 2. The molecule has 7 nitrogen and oxygen atoms in total. The van der Waals surface area contributed by atoms with Crippen molar-refractivity contribution >= 4 is 11.7 Å². The van der Waals surface area contributed by atoms with Crippen LogP contribution in [0.1, 0.15) is 27.4 Å². The van der Waals surface area contributed by atoms with E-state index in [0.29, 0.717) is 35.0 Å². The quantitative estimate of drug-likeness (QED) is 0.718. The molecule has 2 aromatic rings. The highest BCUT2D eigenvalue weighted by atomic mass is 16.5. The molecule has 0 saturated carbocycles. The predicted molar refractivity (Wildman–Crippen MR) is 118 cm³/mol. The van der Waals surface area contributed by atoms with E-state index in [2.05, 4.69) is 5.32 Å². The van der Waals surface area contributed by atoms with Crippen LogP contribution in [0.4, 0.5) is 0 Å². The molecule has 2 aromatic carbocycles. The van der Waals surface area contributed by atoms with E-state index in [-0.39, 0.29) is 24.2 Å². The molecule has 1 aliphatic carbocycles. The largest absolute Gasteiger partial charge is 0.500 e. The van der Waals surface area contributed by atoms with Crippen LogP contribution in [0.2, 0.25) is 0 Å². The Labute approximate surface area is 186 Å². The SMILES string of the molecule is CNC(=O)c1ccc(COc2c(C3C=CC4=COCC4C3=O)ccc(OC)c2OC)cc1. The molecule has 2 unspecified atom stereocenters. The van der Waals surface area contributed by atoms with E-state index in [0.717, 1.165) is 11.1 Å². The fraction of sp³-hybridized carbons (Fsp3) is 0.280. The van der Waals surface area contributed by atoms with Crippen molar-refractivity contribution in [3.63, 3.8) is 0 Å². The van der Waals surface area contributed by atoms with Crippen LogP contribution in [0.3, 0.4) is 0 Å². The number of ketones is 1. The van der Waals surface area contributed by atoms with Crippen molar-refractivity contribution in [2.24, 2.45) is 5.92 Å². The van der Waals surface area contributed by atoms with Crippen LogP contribution in [-0.4, -0.2) is 39.6 Å². The van der Waals surface area contributed by atoms with Gasteiger partial charge in [-0.05, 0) is 23.8 Å². The second-order valence-electron chi connectivity index (χ2n) is 7.53. The number of carbonyl (C=O) groups excluding carboxylic acids is 2. The second-order valence-corrected chi connectivity index (χ2v) is 7.53. The van der Waals surface area contributed by atoms with E-state index in [1.807, 2.05) is 30.4 Å². The number of Topliss-reactive ketones (excluding diaryl/α,β-unsaturated/α-hetero) is 1. The lowest BCUT2D eigenvalue weighted by Gasteiger charge is -2.25. The van der Waals surface area contributed by atoms with Gasteiger partial charge in [0.1, 0.15) is 13.2 Å². The summed E-state index contributed by atoms with van der Waals surface area (Å²) in [6.07, 6.45) is 5.44. The molecule has 1 N–H and O–H groups in total. The molecule has 0 fully saturated rings. The lowest BCUT2D eigenvalue weighted by atomic mass is 9.79. The molecule has 1 heterocycles. The summed E-state index contributed by atoms with van der Waals surface area (Å²) in [4.78, 5) is 24.9. The van der Waals surface area contributed by atoms with Crippen molar-refractivity contribution in [2.45, 2.75) is 12.5 Å². The van der Waals surface area contributed by atoms with Gasteiger partial charge in [0.25, 0.3) is 5.91 Å². The van der Waals surface area contributed by atoms with Gasteiger partial charge in [-0.15, -0.1) is 0 Å². The number of nitrogens with one attached hydrogen (secondary N) is 1. The van der Waals surface area contributed by atoms with Crippen LogP contribution in [0.5, 0.6) is 17.2 Å². The van der Waals surface area contributed by atoms with Crippen LogP contribution in [0.25, 0.3) is 0 Å². The number of hydrogen-bond acceptors (Lipinski definition) is 6. The van der Waals surface area contributed by atoms with Crippen LogP contribution >= 0.6 is 0 Å². The smallest absolute Gasteiger partial charge is 0.251 e. The standard InChI is InChI=1S/C25H25NO6/c1-26-25(28)16-6-4-15(5-7-16)12-32-23-19(10-11-21(29-2)24(23)30-3)18-9-8-17-13-31-14-20(17)22(18)27/h4-11,13,18,20H,12,14H2,1-3H3,(H,26,28). The Morgan fingerprint density at radius 3 is 2.56 bits per heavy atom. The van der Waals surface area contributed by atoms with Crippen molar-refractivity contribution in [1.82, 2.24) is 5.32 Å². The van der Waals surface area contributed by atoms with Gasteiger partial charge in [0.15, 0.2) is 17.3 Å². The number of carbonyl (C=O) groups is 2. The van der Waals surface area contributed by atoms with E-state index < -0.39 is 5.92 Å². The Bertz CT molecular complexity index is 1090. The van der Waals surface area contributed by atoms with Gasteiger partial charge in [0.05, 0.1) is 32.3 Å². The van der Waals surface area contributed by atoms with E-state index in [1.165, 1.54) is 7.11 Å². The summed E-state index contributed by atoms with van der Waals surface area (Å²) >= 11 is 0. The molecule has 32 heavy (non-hydrogen) atoms. The van der Waals surface area contributed by atoms with Crippen LogP contribution in [0, 0.1) is 5.92 Å². The topological polar surface area (TPSA) is 83.1 Å². The van der Waals surface area contributed by atoms with Crippen molar-refractivity contribution < 1.29 is 28.5 Å². The number of amides is 1. The number of allylic oxidation sites excluding steroid dienone is 2. The zero-order valence-electron chi connectivity index (χ0n) is 18.2. The van der Waals surface area contributed by atoms with Crippen molar-refractivity contribution in [3.05, 3.63) is 77.1 Å². The Morgan fingerprint density at radius 1 is 1.09 bits per heavy atom. The molecule has 166 valence electrons. The number of hydrogen-bond donors (Lipinski definition) is 1. The van der Waals surface area contributed by atoms with Gasteiger partial charge in [-0.25, -0.2) is 0 Å². The molecule has 0 bridgehead atoms. The van der Waals surface area contributed by atoms with Crippen LogP contribution in [-0.2, 0) is 16.1 Å². The number of fused-ring (bicyclic) bond motifs is 1. The average Bonchev–Trinajstić information content (AvgIpc) is 3.32. The zero-order chi connectivity index (χ0) is 22.7. The van der Waals surface area contributed by atoms with Gasteiger partial charge in [-0.2, -0.15) is 0 Å². The maximum atomic E-state index is 13.2. The van der Waals surface area contributed by atoms with Gasteiger partial charge in [-0.3, -0.25) is 9.59 Å². The molecule has 4 rings (SSSR count). The van der Waals surface area contributed by atoms with E-state index in [4.69, 9.17) is 18.9 Å². The maximum Gasteiger partial charge on any atom is 0.251 e. The van der Waals surface area contributed by atoms with Crippen LogP contribution in [0.15, 0.2) is 60.4 Å². The third-order valence-electron chi connectivity index (χ3n) is 5.71. The Kier molecular flexibility index (Phi) is 6.16. The van der Waals surface area contributed by atoms with E-state index >= 15 is 0 Å².